The van der Waals surface area contributed by atoms with E-state index in [-0.39, 0.29) is 28.8 Å². The molecule has 0 amide bonds. The number of alkyl halides is 3. The summed E-state index contributed by atoms with van der Waals surface area (Å²) in [6.45, 7) is 10.3. The summed E-state index contributed by atoms with van der Waals surface area (Å²) >= 11 is 0. The van der Waals surface area contributed by atoms with E-state index in [0.717, 1.165) is 91.7 Å². The predicted octanol–water partition coefficient (Wildman–Crippen LogP) is 13.7. The van der Waals surface area contributed by atoms with Crippen molar-refractivity contribution in [2.45, 2.75) is 79.7 Å². The van der Waals surface area contributed by atoms with Gasteiger partial charge in [-0.3, -0.25) is 0 Å². The summed E-state index contributed by atoms with van der Waals surface area (Å²) in [5, 5.41) is 1.58. The van der Waals surface area contributed by atoms with Crippen LogP contribution >= 0.6 is 0 Å². The standard InChI is InChI=1S/C50H49F3N3O/c1-29(2)40-26-37(36-22-20-35(21-23-36)34-18-16-33(17-19-34)28-49(7,8)50(51,52)53)27-41(30(3)4)45(40)56-43-13-11-10-12-42(43)55(9)48(56)44-31(5)14-24-38-39-25-15-32(6)54-47(39)57-46(38)44/h10-27,29-30H,28H2,1-9H3/q+1/i6D3,28D2. The van der Waals surface area contributed by atoms with E-state index in [0.29, 0.717) is 5.58 Å². The average molecular weight is 770 g/mol. The Morgan fingerprint density at radius 2 is 1.35 bits per heavy atom. The normalized spacial score (nSPS) is 14.4. The minimum atomic E-state index is -4.72. The maximum atomic E-state index is 13.8. The molecular formula is C50H49F3N3O+. The number of furan rings is 1. The second-order valence-corrected chi connectivity index (χ2v) is 16.2. The molecule has 0 aliphatic carbocycles. The molecule has 8 rings (SSSR count). The Balaban J connectivity index is 1.28. The number of rotatable bonds is 8. The number of aromatic nitrogens is 3. The van der Waals surface area contributed by atoms with Crippen molar-refractivity contribution in [2.75, 3.05) is 0 Å². The first-order valence-electron chi connectivity index (χ1n) is 21.8. The summed E-state index contributed by atoms with van der Waals surface area (Å²) in [5.41, 5.74) is 9.21. The lowest BCUT2D eigenvalue weighted by Crippen LogP contribution is -2.34. The fourth-order valence-corrected chi connectivity index (χ4v) is 7.94. The number of imidazole rings is 1. The summed E-state index contributed by atoms with van der Waals surface area (Å²) in [7, 11) is 2.06. The highest BCUT2D eigenvalue weighted by atomic mass is 19.4. The Morgan fingerprint density at radius 1 is 0.772 bits per heavy atom. The van der Waals surface area contributed by atoms with Gasteiger partial charge in [-0.1, -0.05) is 114 Å². The molecule has 3 heterocycles. The number of halogens is 3. The van der Waals surface area contributed by atoms with E-state index in [2.05, 4.69) is 86.1 Å². The molecule has 0 aliphatic heterocycles. The van der Waals surface area contributed by atoms with Gasteiger partial charge in [0, 0.05) is 34.4 Å². The Hall–Kier alpha value is -5.69. The Bertz CT molecular complexity index is 2980. The molecule has 0 bridgehead atoms. The van der Waals surface area contributed by atoms with Crippen LogP contribution in [0, 0.1) is 19.2 Å². The summed E-state index contributed by atoms with van der Waals surface area (Å²) in [6, 6.07) is 34.6. The second kappa shape index (κ2) is 14.0. The molecule has 0 spiro atoms. The first kappa shape index (κ1) is 32.4. The van der Waals surface area contributed by atoms with Crippen LogP contribution in [-0.2, 0) is 13.4 Å². The highest BCUT2D eigenvalue weighted by Gasteiger charge is 2.47. The van der Waals surface area contributed by atoms with Gasteiger partial charge in [-0.25, -0.2) is 9.55 Å². The van der Waals surface area contributed by atoms with Crippen molar-refractivity contribution in [1.82, 2.24) is 9.55 Å². The largest absolute Gasteiger partial charge is 0.437 e. The molecule has 0 saturated heterocycles. The second-order valence-electron chi connectivity index (χ2n) is 16.2. The summed E-state index contributed by atoms with van der Waals surface area (Å²) < 4.78 is 93.3. The summed E-state index contributed by atoms with van der Waals surface area (Å²) in [6.07, 6.45) is -7.35. The molecule has 0 radical (unpaired) electrons. The van der Waals surface area contributed by atoms with Crippen molar-refractivity contribution < 1.29 is 29.0 Å². The summed E-state index contributed by atoms with van der Waals surface area (Å²) in [5.74, 6) is 1.12. The first-order valence-corrected chi connectivity index (χ1v) is 19.3. The van der Waals surface area contributed by atoms with Crippen LogP contribution in [0.5, 0.6) is 0 Å². The van der Waals surface area contributed by atoms with Crippen molar-refractivity contribution in [3.8, 4) is 39.3 Å². The fraction of sp³-hybridized carbons (Fsp3) is 0.280. The molecule has 0 fully saturated rings. The third-order valence-electron chi connectivity index (χ3n) is 11.2. The molecule has 8 aromatic rings. The van der Waals surface area contributed by atoms with Crippen molar-refractivity contribution >= 4 is 33.1 Å². The third kappa shape index (κ3) is 6.61. The van der Waals surface area contributed by atoms with Crippen molar-refractivity contribution in [3.05, 3.63) is 137 Å². The molecule has 3 aromatic heterocycles. The van der Waals surface area contributed by atoms with Gasteiger partial charge >= 0.3 is 6.18 Å². The average Bonchev–Trinajstić information content (AvgIpc) is 3.73. The van der Waals surface area contributed by atoms with Gasteiger partial charge in [-0.05, 0) is 102 Å². The maximum absolute atomic E-state index is 13.8. The molecule has 0 saturated carbocycles. The molecular weight excluding hydrogens is 716 g/mol. The molecule has 0 atom stereocenters. The molecule has 0 N–H and O–H groups in total. The lowest BCUT2D eigenvalue weighted by Gasteiger charge is -2.27. The molecule has 7 heteroatoms. The van der Waals surface area contributed by atoms with E-state index in [1.54, 1.807) is 24.3 Å². The lowest BCUT2D eigenvalue weighted by molar-refractivity contribution is -0.633. The summed E-state index contributed by atoms with van der Waals surface area (Å²) in [4.78, 5) is 4.47. The predicted molar refractivity (Wildman–Crippen MR) is 227 cm³/mol. The highest BCUT2D eigenvalue weighted by molar-refractivity contribution is 6.09. The van der Waals surface area contributed by atoms with Gasteiger partial charge in [-0.2, -0.15) is 17.7 Å². The molecule has 57 heavy (non-hydrogen) atoms. The number of para-hydroxylation sites is 2. The monoisotopic (exact) mass is 769 g/mol. The van der Waals surface area contributed by atoms with Gasteiger partial charge in [0.15, 0.2) is 16.6 Å². The Morgan fingerprint density at radius 3 is 1.95 bits per heavy atom. The van der Waals surface area contributed by atoms with E-state index in [1.165, 1.54) is 12.1 Å². The number of aryl methyl sites for hydroxylation is 3. The zero-order valence-corrected chi connectivity index (χ0v) is 33.4. The Kier molecular flexibility index (Phi) is 7.99. The van der Waals surface area contributed by atoms with Crippen LogP contribution in [0.2, 0.25) is 0 Å². The minimum Gasteiger partial charge on any atom is -0.437 e. The minimum absolute atomic E-state index is 0.0215. The number of nitrogens with zero attached hydrogens (tertiary/aromatic N) is 3. The van der Waals surface area contributed by atoms with Crippen molar-refractivity contribution in [3.63, 3.8) is 0 Å². The maximum Gasteiger partial charge on any atom is 0.394 e. The van der Waals surface area contributed by atoms with Crippen LogP contribution in [0.3, 0.4) is 0 Å². The third-order valence-corrected chi connectivity index (χ3v) is 11.2. The van der Waals surface area contributed by atoms with Gasteiger partial charge in [-0.15, -0.1) is 0 Å². The van der Waals surface area contributed by atoms with E-state index in [9.17, 15) is 13.2 Å². The van der Waals surface area contributed by atoms with E-state index in [1.807, 2.05) is 42.5 Å². The smallest absolute Gasteiger partial charge is 0.394 e. The number of hydrogen-bond acceptors (Lipinski definition) is 2. The van der Waals surface area contributed by atoms with Gasteiger partial charge in [0.25, 0.3) is 5.82 Å². The van der Waals surface area contributed by atoms with Gasteiger partial charge in [0.1, 0.15) is 11.3 Å². The SMILES string of the molecule is [2H]C([2H])([2H])c1ccc2c(n1)oc1c(-c3n(-c4c(C(C)C)cc(-c5ccc(-c6ccc(C([2H])([2H])C(C)(C)C(F)(F)F)cc6)cc5)cc4C(C)C)c4ccccc4[n+]3C)c(C)ccc12. The number of pyridine rings is 1. The van der Waals surface area contributed by atoms with Gasteiger partial charge in [0.2, 0.25) is 5.71 Å². The van der Waals surface area contributed by atoms with E-state index >= 15 is 0 Å². The van der Waals surface area contributed by atoms with Crippen LogP contribution in [0.1, 0.15) is 88.2 Å². The molecule has 4 nitrogen and oxygen atoms in total. The number of fused-ring (bicyclic) bond motifs is 4. The van der Waals surface area contributed by atoms with Crippen LogP contribution in [-0.4, -0.2) is 15.7 Å². The molecule has 5 aromatic carbocycles. The van der Waals surface area contributed by atoms with Crippen LogP contribution in [0.4, 0.5) is 13.2 Å². The van der Waals surface area contributed by atoms with Crippen LogP contribution in [0.25, 0.3) is 72.4 Å². The number of hydrogen-bond donors (Lipinski definition) is 0. The van der Waals surface area contributed by atoms with Gasteiger partial charge < -0.3 is 4.42 Å². The van der Waals surface area contributed by atoms with Crippen LogP contribution in [0.15, 0.2) is 114 Å². The Labute approximate surface area is 339 Å². The van der Waals surface area contributed by atoms with Gasteiger partial charge in [0.05, 0.1) is 12.5 Å². The quantitative estimate of drug-likeness (QED) is 0.144. The number of benzene rings is 5. The lowest BCUT2D eigenvalue weighted by atomic mass is 9.84. The van der Waals surface area contributed by atoms with Crippen LogP contribution < -0.4 is 4.57 Å². The molecule has 0 unspecified atom stereocenters. The first-order chi connectivity index (χ1) is 29.0. The topological polar surface area (TPSA) is 34.8 Å². The molecule has 290 valence electrons. The fourth-order valence-electron chi connectivity index (χ4n) is 7.94. The zero-order chi connectivity index (χ0) is 44.8. The zero-order valence-electron chi connectivity index (χ0n) is 38.4. The highest BCUT2D eigenvalue weighted by Crippen LogP contribution is 2.44. The molecule has 0 aliphatic rings. The van der Waals surface area contributed by atoms with E-state index < -0.39 is 24.8 Å². The van der Waals surface area contributed by atoms with Crippen molar-refractivity contribution in [2.24, 2.45) is 12.5 Å². The van der Waals surface area contributed by atoms with E-state index in [4.69, 9.17) is 11.3 Å². The van der Waals surface area contributed by atoms with Crippen molar-refractivity contribution in [1.29, 1.82) is 0 Å².